The summed E-state index contributed by atoms with van der Waals surface area (Å²) >= 11 is 6.47. The van der Waals surface area contributed by atoms with Gasteiger partial charge in [0.1, 0.15) is 5.65 Å². The number of imidazole rings is 1. The lowest BCUT2D eigenvalue weighted by Crippen LogP contribution is -2.15. The van der Waals surface area contributed by atoms with Gasteiger partial charge in [0, 0.05) is 34.9 Å². The highest BCUT2D eigenvalue weighted by molar-refractivity contribution is 6.31. The first-order chi connectivity index (χ1) is 17.3. The van der Waals surface area contributed by atoms with Crippen molar-refractivity contribution in [3.05, 3.63) is 108 Å². The Morgan fingerprint density at radius 1 is 0.944 bits per heavy atom. The maximum absolute atomic E-state index is 12.9. The lowest BCUT2D eigenvalue weighted by Gasteiger charge is -2.11. The average molecular weight is 507 g/mol. The van der Waals surface area contributed by atoms with Crippen LogP contribution < -0.4 is 5.32 Å². The van der Waals surface area contributed by atoms with E-state index < -0.39 is 17.6 Å². The second-order valence-corrected chi connectivity index (χ2v) is 8.54. The predicted molar refractivity (Wildman–Crippen MR) is 133 cm³/mol. The number of alkyl halides is 3. The largest absolute Gasteiger partial charge is 0.416 e. The van der Waals surface area contributed by atoms with Crippen molar-refractivity contribution in [3.8, 4) is 22.4 Å². The number of pyridine rings is 2. The molecule has 3 aromatic heterocycles. The summed E-state index contributed by atoms with van der Waals surface area (Å²) in [6.45, 7) is 0. The maximum Gasteiger partial charge on any atom is 0.416 e. The smallest absolute Gasteiger partial charge is 0.326 e. The summed E-state index contributed by atoms with van der Waals surface area (Å²) in [6.07, 6.45) is 2.57. The van der Waals surface area contributed by atoms with Crippen LogP contribution >= 0.6 is 11.6 Å². The zero-order valence-corrected chi connectivity index (χ0v) is 19.4. The lowest BCUT2D eigenvalue weighted by atomic mass is 10.1. The molecule has 2 aromatic carbocycles. The number of hydrogen-bond acceptors (Lipinski definition) is 3. The van der Waals surface area contributed by atoms with Crippen molar-refractivity contribution in [2.45, 2.75) is 12.6 Å². The molecule has 0 spiro atoms. The summed E-state index contributed by atoms with van der Waals surface area (Å²) in [7, 11) is 0. The molecule has 0 fully saturated rings. The number of carbonyl (C=O) groups is 1. The van der Waals surface area contributed by atoms with Gasteiger partial charge in [0.2, 0.25) is 5.91 Å². The number of anilines is 1. The van der Waals surface area contributed by atoms with E-state index in [1.54, 1.807) is 30.7 Å². The van der Waals surface area contributed by atoms with Crippen LogP contribution in [0.3, 0.4) is 0 Å². The van der Waals surface area contributed by atoms with Crippen molar-refractivity contribution < 1.29 is 18.0 Å². The van der Waals surface area contributed by atoms with Gasteiger partial charge in [-0.3, -0.25) is 14.2 Å². The molecule has 1 amide bonds. The van der Waals surface area contributed by atoms with E-state index in [-0.39, 0.29) is 12.1 Å². The number of aromatic nitrogens is 3. The summed E-state index contributed by atoms with van der Waals surface area (Å²) in [5.41, 5.74) is 4.25. The first-order valence-electron chi connectivity index (χ1n) is 10.9. The molecule has 36 heavy (non-hydrogen) atoms. The number of fused-ring (bicyclic) bond motifs is 1. The summed E-state index contributed by atoms with van der Waals surface area (Å²) in [6, 6.07) is 17.6. The summed E-state index contributed by atoms with van der Waals surface area (Å²) in [5.74, 6) is -0.470. The summed E-state index contributed by atoms with van der Waals surface area (Å²) < 4.78 is 40.7. The minimum atomic E-state index is -4.49. The van der Waals surface area contributed by atoms with Crippen molar-refractivity contribution >= 4 is 28.8 Å². The van der Waals surface area contributed by atoms with Gasteiger partial charge in [0.25, 0.3) is 0 Å². The highest BCUT2D eigenvalue weighted by Gasteiger charge is 2.30. The van der Waals surface area contributed by atoms with Crippen LogP contribution in [0.5, 0.6) is 0 Å². The Balaban J connectivity index is 1.34. The SMILES string of the molecule is O=C(Cc1ccc(-c2cnc3cc(-c4ccncc4)ccn23)cc1Cl)Nc1cccc(C(F)(F)F)c1. The number of amides is 1. The molecule has 0 aliphatic rings. The van der Waals surface area contributed by atoms with Crippen molar-refractivity contribution in [2.75, 3.05) is 5.32 Å². The van der Waals surface area contributed by atoms with Crippen LogP contribution in [0.15, 0.2) is 91.5 Å². The third-order valence-electron chi connectivity index (χ3n) is 5.70. The fourth-order valence-electron chi connectivity index (χ4n) is 3.92. The van der Waals surface area contributed by atoms with Gasteiger partial charge >= 0.3 is 6.18 Å². The molecule has 3 heterocycles. The van der Waals surface area contributed by atoms with Crippen molar-refractivity contribution in [1.82, 2.24) is 14.4 Å². The first kappa shape index (κ1) is 23.6. The van der Waals surface area contributed by atoms with Gasteiger partial charge in [-0.1, -0.05) is 29.8 Å². The third kappa shape index (κ3) is 4.94. The second-order valence-electron chi connectivity index (χ2n) is 8.13. The normalized spacial score (nSPS) is 11.6. The van der Waals surface area contributed by atoms with Crippen LogP contribution in [0.2, 0.25) is 5.02 Å². The zero-order valence-electron chi connectivity index (χ0n) is 18.6. The number of nitrogens with zero attached hydrogens (tertiary/aromatic N) is 3. The first-order valence-corrected chi connectivity index (χ1v) is 11.3. The van der Waals surface area contributed by atoms with E-state index >= 15 is 0 Å². The highest BCUT2D eigenvalue weighted by atomic mass is 35.5. The topological polar surface area (TPSA) is 59.3 Å². The molecular formula is C27H18ClF3N4O. The summed E-state index contributed by atoms with van der Waals surface area (Å²) in [4.78, 5) is 21.0. The van der Waals surface area contributed by atoms with Crippen LogP contribution in [0.4, 0.5) is 18.9 Å². The van der Waals surface area contributed by atoms with Gasteiger partial charge < -0.3 is 5.32 Å². The van der Waals surface area contributed by atoms with Crippen LogP contribution in [-0.4, -0.2) is 20.3 Å². The molecule has 0 bridgehead atoms. The molecule has 0 atom stereocenters. The highest BCUT2D eigenvalue weighted by Crippen LogP contribution is 2.31. The number of carbonyl (C=O) groups excluding carboxylic acids is 1. The molecule has 0 unspecified atom stereocenters. The lowest BCUT2D eigenvalue weighted by molar-refractivity contribution is -0.137. The Morgan fingerprint density at radius 3 is 2.50 bits per heavy atom. The number of rotatable bonds is 5. The third-order valence-corrected chi connectivity index (χ3v) is 6.05. The van der Waals surface area contributed by atoms with Crippen molar-refractivity contribution in [3.63, 3.8) is 0 Å². The zero-order chi connectivity index (χ0) is 25.3. The Kier molecular flexibility index (Phi) is 6.20. The fraction of sp³-hybridized carbons (Fsp3) is 0.0741. The van der Waals surface area contributed by atoms with Gasteiger partial charge in [0.15, 0.2) is 0 Å². The number of benzene rings is 2. The van der Waals surface area contributed by atoms with Crippen LogP contribution in [-0.2, 0) is 17.4 Å². The quantitative estimate of drug-likeness (QED) is 0.281. The molecule has 0 saturated carbocycles. The molecule has 9 heteroatoms. The van der Waals surface area contributed by atoms with Gasteiger partial charge in [-0.05, 0) is 65.2 Å². The molecule has 5 nitrogen and oxygen atoms in total. The van der Waals surface area contributed by atoms with Crippen LogP contribution in [0, 0.1) is 0 Å². The van der Waals surface area contributed by atoms with E-state index in [1.165, 1.54) is 12.1 Å². The Bertz CT molecular complexity index is 1560. The number of halogens is 4. The molecule has 5 rings (SSSR count). The van der Waals surface area contributed by atoms with E-state index in [4.69, 9.17) is 11.6 Å². The predicted octanol–water partition coefficient (Wildman–Crippen LogP) is 6.92. The monoisotopic (exact) mass is 506 g/mol. The van der Waals surface area contributed by atoms with E-state index in [0.29, 0.717) is 10.6 Å². The van der Waals surface area contributed by atoms with Gasteiger partial charge in [-0.2, -0.15) is 13.2 Å². The summed E-state index contributed by atoms with van der Waals surface area (Å²) in [5, 5.41) is 2.87. The van der Waals surface area contributed by atoms with E-state index in [9.17, 15) is 18.0 Å². The van der Waals surface area contributed by atoms with Gasteiger partial charge in [-0.25, -0.2) is 4.98 Å². The van der Waals surface area contributed by atoms with Crippen molar-refractivity contribution in [2.24, 2.45) is 0 Å². The Hall–Kier alpha value is -4.17. The standard InChI is InChI=1S/C27H18ClF3N4O/c28-23-12-20(24-16-33-25-13-18(8-11-35(24)25)17-6-9-32-10-7-17)5-4-19(23)14-26(36)34-22-3-1-2-21(15-22)27(29,30)31/h1-13,15-16H,14H2,(H,34,36). The molecular weight excluding hydrogens is 489 g/mol. The molecule has 0 aliphatic heterocycles. The number of nitrogens with one attached hydrogen (secondary N) is 1. The maximum atomic E-state index is 12.9. The van der Waals surface area contributed by atoms with Crippen LogP contribution in [0.1, 0.15) is 11.1 Å². The minimum Gasteiger partial charge on any atom is -0.326 e. The molecule has 0 aliphatic carbocycles. The number of hydrogen-bond donors (Lipinski definition) is 1. The molecule has 1 N–H and O–H groups in total. The van der Waals surface area contributed by atoms with E-state index in [2.05, 4.69) is 15.3 Å². The Labute approximate surface area is 209 Å². The fourth-order valence-corrected chi connectivity index (χ4v) is 4.17. The average Bonchev–Trinajstić information content (AvgIpc) is 3.29. The van der Waals surface area contributed by atoms with Crippen molar-refractivity contribution in [1.29, 1.82) is 0 Å². The van der Waals surface area contributed by atoms with Crippen LogP contribution in [0.25, 0.3) is 28.0 Å². The van der Waals surface area contributed by atoms with E-state index in [0.717, 1.165) is 40.2 Å². The molecule has 5 aromatic rings. The Morgan fingerprint density at radius 2 is 1.75 bits per heavy atom. The molecule has 180 valence electrons. The molecule has 0 radical (unpaired) electrons. The van der Waals surface area contributed by atoms with Gasteiger partial charge in [0.05, 0.1) is 23.9 Å². The second kappa shape index (κ2) is 9.47. The van der Waals surface area contributed by atoms with E-state index in [1.807, 2.05) is 40.9 Å². The molecule has 0 saturated heterocycles. The minimum absolute atomic E-state index is 0.0689. The van der Waals surface area contributed by atoms with Gasteiger partial charge in [-0.15, -0.1) is 0 Å².